The first kappa shape index (κ1) is 37.2. The smallest absolute Gasteiger partial charge is 0.410 e. The Bertz CT molecular complexity index is 1560. The summed E-state index contributed by atoms with van der Waals surface area (Å²) >= 11 is 0. The number of alkyl halides is 2. The van der Waals surface area contributed by atoms with Gasteiger partial charge in [-0.05, 0) is 75.8 Å². The zero-order valence-corrected chi connectivity index (χ0v) is 27.7. The van der Waals surface area contributed by atoms with E-state index in [1.165, 1.54) is 0 Å². The van der Waals surface area contributed by atoms with Crippen molar-refractivity contribution < 1.29 is 51.7 Å². The van der Waals surface area contributed by atoms with E-state index in [1.807, 2.05) is 0 Å². The number of likely N-dealkylation sites (tertiary alicyclic amines) is 1. The van der Waals surface area contributed by atoms with Crippen LogP contribution in [0.15, 0.2) is 47.6 Å². The third kappa shape index (κ3) is 8.69. The number of halogens is 8. The van der Waals surface area contributed by atoms with Gasteiger partial charge < -0.3 is 10.1 Å². The molecule has 1 saturated carbocycles. The number of carbonyl (C=O) groups excluding carboxylic acids is 3. The molecule has 3 amide bonds. The number of nitrogens with one attached hydrogen (secondary N) is 1. The molecule has 0 radical (unpaired) electrons. The molecule has 4 rings (SSSR count). The number of anilines is 1. The normalized spacial score (nSPS) is 21.9. The summed E-state index contributed by atoms with van der Waals surface area (Å²) in [5.41, 5.74) is -2.76. The third-order valence-electron chi connectivity index (χ3n) is 8.32. The first-order valence-electron chi connectivity index (χ1n) is 15.1. The molecular weight excluding hydrogens is 676 g/mol. The lowest BCUT2D eigenvalue weighted by Gasteiger charge is -2.41. The summed E-state index contributed by atoms with van der Waals surface area (Å²) in [4.78, 5) is 45.4. The van der Waals surface area contributed by atoms with E-state index in [9.17, 15) is 47.0 Å². The van der Waals surface area contributed by atoms with Crippen LogP contribution in [0.1, 0.15) is 78.3 Å². The highest BCUT2D eigenvalue weighted by Crippen LogP contribution is 3.02. The Hall–Kier alpha value is -3.63. The maximum atomic E-state index is 14.8. The molecule has 1 saturated heterocycles. The summed E-state index contributed by atoms with van der Waals surface area (Å²) in [5.74, 6) is -5.97. The summed E-state index contributed by atoms with van der Waals surface area (Å²) in [6.45, 7) is 8.05. The molecule has 1 aliphatic heterocycles. The Labute approximate surface area is 272 Å². The number of hydrogen-bond donors (Lipinski definition) is 1. The second-order valence-corrected chi connectivity index (χ2v) is 16.4. The van der Waals surface area contributed by atoms with Crippen molar-refractivity contribution in [2.45, 2.75) is 101 Å². The number of hydrogen-bond acceptors (Lipinski definition) is 5. The van der Waals surface area contributed by atoms with Crippen molar-refractivity contribution >= 4 is 33.8 Å². The van der Waals surface area contributed by atoms with Crippen LogP contribution in [0.2, 0.25) is 0 Å². The lowest BCUT2D eigenvalue weighted by Crippen LogP contribution is -2.56. The van der Waals surface area contributed by atoms with E-state index in [0.29, 0.717) is 17.0 Å². The number of pyridine rings is 1. The Morgan fingerprint density at radius 2 is 1.58 bits per heavy atom. The number of aromatic nitrogens is 1. The van der Waals surface area contributed by atoms with Gasteiger partial charge in [-0.3, -0.25) is 24.4 Å². The molecule has 2 aromatic rings. The predicted molar refractivity (Wildman–Crippen MR) is 163 cm³/mol. The fraction of sp³-hybridized carbons (Fsp3) is 0.548. The summed E-state index contributed by atoms with van der Waals surface area (Å²) in [6.07, 6.45) is -0.247. The summed E-state index contributed by atoms with van der Waals surface area (Å²) < 4.78 is 116. The van der Waals surface area contributed by atoms with Gasteiger partial charge in [0.25, 0.3) is 5.91 Å². The third-order valence-corrected chi connectivity index (χ3v) is 9.48. The quantitative estimate of drug-likeness (QED) is 0.290. The van der Waals surface area contributed by atoms with E-state index >= 15 is 0 Å². The van der Waals surface area contributed by atoms with Crippen molar-refractivity contribution in [3.05, 3.63) is 54.1 Å². The molecule has 48 heavy (non-hydrogen) atoms. The molecule has 2 fully saturated rings. The van der Waals surface area contributed by atoms with Crippen LogP contribution >= 0.6 is 10.2 Å². The van der Waals surface area contributed by atoms with Crippen LogP contribution in [0, 0.1) is 11.2 Å². The monoisotopic (exact) mass is 714 g/mol. The van der Waals surface area contributed by atoms with Crippen molar-refractivity contribution in [3.63, 3.8) is 0 Å². The van der Waals surface area contributed by atoms with Gasteiger partial charge in [0.2, 0.25) is 11.8 Å². The minimum absolute atomic E-state index is 0.00395. The number of nitrogens with zero attached hydrogens (tertiary/aromatic N) is 3. The summed E-state index contributed by atoms with van der Waals surface area (Å²) in [5, 5.41) is 2.59. The molecule has 17 heteroatoms. The van der Waals surface area contributed by atoms with Crippen LogP contribution in [0.5, 0.6) is 0 Å². The Kier molecular flexibility index (Phi) is 9.11. The standard InChI is InChI=1S/C31H38F8N4O4S/c1-29(2,3)47-28(46)42-15-14-30(4,5)25(42)27(45)43(22-6-8-23(9-7-22)48(35,36,37,38)39)24(19-16-20(32)18-40-17-19)26(44)41-21-10-12-31(33,34)13-11-21/h6-9,16-18,21,24-25H,10-15H2,1-5H3,(H,41,44)/t24?,25-/m0/s1. The van der Waals surface area contributed by atoms with Gasteiger partial charge in [0.15, 0.2) is 0 Å². The second-order valence-electron chi connectivity index (χ2n) is 14.0. The highest BCUT2D eigenvalue weighted by atomic mass is 32.5. The highest BCUT2D eigenvalue weighted by molar-refractivity contribution is 8.45. The minimum Gasteiger partial charge on any atom is -0.444 e. The molecule has 1 N–H and O–H groups in total. The molecule has 8 nitrogen and oxygen atoms in total. The Morgan fingerprint density at radius 3 is 2.10 bits per heavy atom. The SMILES string of the molecule is CC(C)(C)OC(=O)N1CCC(C)(C)[C@@H]1C(=O)N(c1ccc(S(F)(F)(F)(F)F)cc1)C(C(=O)NC1CCC(F)(F)CC1)c1cncc(F)c1. The predicted octanol–water partition coefficient (Wildman–Crippen LogP) is 8.68. The first-order chi connectivity index (χ1) is 21.7. The van der Waals surface area contributed by atoms with E-state index in [0.717, 1.165) is 23.4 Å². The lowest BCUT2D eigenvalue weighted by molar-refractivity contribution is -0.130. The van der Waals surface area contributed by atoms with Gasteiger partial charge in [-0.1, -0.05) is 33.3 Å². The van der Waals surface area contributed by atoms with Crippen molar-refractivity contribution in [2.24, 2.45) is 5.41 Å². The molecule has 0 bridgehead atoms. The number of amides is 3. The first-order valence-corrected chi connectivity index (χ1v) is 17.1. The molecule has 1 aliphatic carbocycles. The van der Waals surface area contributed by atoms with Crippen molar-refractivity contribution in [1.29, 1.82) is 0 Å². The fourth-order valence-corrected chi connectivity index (χ4v) is 6.59. The molecule has 268 valence electrons. The van der Waals surface area contributed by atoms with Gasteiger partial charge in [0.05, 0.1) is 6.20 Å². The summed E-state index contributed by atoms with van der Waals surface area (Å²) in [6, 6.07) is -2.01. The van der Waals surface area contributed by atoms with Gasteiger partial charge in [0, 0.05) is 42.9 Å². The molecule has 0 spiro atoms. The van der Waals surface area contributed by atoms with E-state index in [4.69, 9.17) is 4.74 Å². The van der Waals surface area contributed by atoms with E-state index in [-0.39, 0.29) is 43.5 Å². The van der Waals surface area contributed by atoms with Gasteiger partial charge in [0.1, 0.15) is 28.4 Å². The van der Waals surface area contributed by atoms with Crippen molar-refractivity contribution in [2.75, 3.05) is 11.4 Å². The molecular formula is C31H38F8N4O4S. The van der Waals surface area contributed by atoms with Crippen LogP contribution < -0.4 is 10.2 Å². The van der Waals surface area contributed by atoms with Crippen molar-refractivity contribution in [3.8, 4) is 0 Å². The average molecular weight is 715 g/mol. The zero-order chi connectivity index (χ0) is 36.2. The zero-order valence-electron chi connectivity index (χ0n) is 26.9. The van der Waals surface area contributed by atoms with Gasteiger partial charge in [-0.15, -0.1) is 0 Å². The Morgan fingerprint density at radius 1 is 1.00 bits per heavy atom. The average Bonchev–Trinajstić information content (AvgIpc) is 3.25. The van der Waals surface area contributed by atoms with Gasteiger partial charge >= 0.3 is 16.3 Å². The molecule has 2 heterocycles. The van der Waals surface area contributed by atoms with Crippen LogP contribution in [0.3, 0.4) is 0 Å². The molecule has 2 aliphatic rings. The summed E-state index contributed by atoms with van der Waals surface area (Å²) in [7, 11) is -10.2. The van der Waals surface area contributed by atoms with Crippen LogP contribution in [-0.2, 0) is 14.3 Å². The van der Waals surface area contributed by atoms with E-state index in [2.05, 4.69) is 10.3 Å². The number of ether oxygens (including phenoxy) is 1. The number of rotatable bonds is 7. The van der Waals surface area contributed by atoms with Crippen molar-refractivity contribution in [1.82, 2.24) is 15.2 Å². The second kappa shape index (κ2) is 11.8. The topological polar surface area (TPSA) is 91.8 Å². The molecule has 1 aromatic carbocycles. The van der Waals surface area contributed by atoms with Crippen LogP contribution in [-0.4, -0.2) is 57.9 Å². The largest absolute Gasteiger partial charge is 0.444 e. The molecule has 1 aromatic heterocycles. The molecule has 1 unspecified atom stereocenters. The van der Waals surface area contributed by atoms with Gasteiger partial charge in [-0.25, -0.2) is 18.0 Å². The van der Waals surface area contributed by atoms with Gasteiger partial charge in [-0.2, -0.15) is 0 Å². The van der Waals surface area contributed by atoms with E-state index in [1.54, 1.807) is 34.6 Å². The minimum atomic E-state index is -10.2. The van der Waals surface area contributed by atoms with Crippen LogP contribution in [0.4, 0.5) is 43.1 Å². The molecule has 2 atom stereocenters. The number of carbonyl (C=O) groups is 3. The highest BCUT2D eigenvalue weighted by Gasteiger charge is 2.65. The Balaban J connectivity index is 1.88. The maximum absolute atomic E-state index is 14.8. The maximum Gasteiger partial charge on any atom is 0.410 e. The number of benzene rings is 1. The van der Waals surface area contributed by atoms with E-state index < -0.39 is 92.4 Å². The van der Waals surface area contributed by atoms with Crippen LogP contribution in [0.25, 0.3) is 0 Å². The lowest BCUT2D eigenvalue weighted by atomic mass is 9.83. The fourth-order valence-electron chi connectivity index (χ4n) is 5.94.